The van der Waals surface area contributed by atoms with Crippen LogP contribution in [0.2, 0.25) is 0 Å². The fraction of sp³-hybridized carbons (Fsp3) is 0.455. The molecule has 0 unspecified atom stereocenters. The minimum absolute atomic E-state index is 0.737. The lowest BCUT2D eigenvalue weighted by Gasteiger charge is -2.07. The minimum Gasteiger partial charge on any atom is -0.494 e. The fourth-order valence-corrected chi connectivity index (χ4v) is 1.88. The number of ether oxygens (including phenoxy) is 1. The van der Waals surface area contributed by atoms with E-state index in [1.165, 1.54) is 11.1 Å². The quantitative estimate of drug-likeness (QED) is 0.731. The summed E-state index contributed by atoms with van der Waals surface area (Å²) in [5, 5.41) is 0. The molecule has 0 fully saturated rings. The summed E-state index contributed by atoms with van der Waals surface area (Å²) in [5.41, 5.74) is 2.72. The number of thioether (sulfide) groups is 1. The van der Waals surface area contributed by atoms with E-state index in [4.69, 9.17) is 4.74 Å². The van der Waals surface area contributed by atoms with Crippen molar-refractivity contribution in [1.29, 1.82) is 0 Å². The molecule has 0 bridgehead atoms. The second kappa shape index (κ2) is 5.18. The number of rotatable bonds is 4. The Morgan fingerprint density at radius 3 is 2.69 bits per heavy atom. The first-order valence-electron chi connectivity index (χ1n) is 4.49. The average Bonchev–Trinajstić information content (AvgIpc) is 2.10. The van der Waals surface area contributed by atoms with Gasteiger partial charge in [0.15, 0.2) is 0 Å². The number of hydrogen-bond acceptors (Lipinski definition) is 2. The molecule has 1 nitrogen and oxygen atoms in total. The molecule has 0 radical (unpaired) electrons. The second-order valence-corrected chi connectivity index (χ2v) is 3.82. The van der Waals surface area contributed by atoms with E-state index in [-0.39, 0.29) is 0 Å². The SMILES string of the molecule is CCOc1ccc(CSC)c(C)c1. The first-order chi connectivity index (χ1) is 6.27. The first-order valence-corrected chi connectivity index (χ1v) is 5.88. The average molecular weight is 196 g/mol. The van der Waals surface area contributed by atoms with Crippen LogP contribution >= 0.6 is 11.8 Å². The highest BCUT2D eigenvalue weighted by Crippen LogP contribution is 2.20. The van der Waals surface area contributed by atoms with Gasteiger partial charge in [-0.25, -0.2) is 0 Å². The lowest BCUT2D eigenvalue weighted by molar-refractivity contribution is 0.340. The molecule has 72 valence electrons. The standard InChI is InChI=1S/C11H16OS/c1-4-12-11-6-5-10(8-13-3)9(2)7-11/h5-7H,4,8H2,1-3H3. The highest BCUT2D eigenvalue weighted by molar-refractivity contribution is 7.97. The summed E-state index contributed by atoms with van der Waals surface area (Å²) in [6.07, 6.45) is 2.12. The maximum absolute atomic E-state index is 5.41. The third-order valence-electron chi connectivity index (χ3n) is 1.92. The molecule has 0 aromatic heterocycles. The molecular formula is C11H16OS. The lowest BCUT2D eigenvalue weighted by atomic mass is 10.1. The molecule has 0 atom stereocenters. The molecule has 1 aromatic rings. The second-order valence-electron chi connectivity index (χ2n) is 2.95. The molecule has 0 saturated carbocycles. The molecule has 0 spiro atoms. The van der Waals surface area contributed by atoms with Gasteiger partial charge < -0.3 is 4.74 Å². The summed E-state index contributed by atoms with van der Waals surface area (Å²) < 4.78 is 5.41. The van der Waals surface area contributed by atoms with Crippen LogP contribution in [0, 0.1) is 6.92 Å². The van der Waals surface area contributed by atoms with Crippen molar-refractivity contribution < 1.29 is 4.74 Å². The van der Waals surface area contributed by atoms with Crippen molar-refractivity contribution in [1.82, 2.24) is 0 Å². The predicted molar refractivity (Wildman–Crippen MR) is 59.6 cm³/mol. The normalized spacial score (nSPS) is 10.1. The maximum atomic E-state index is 5.41. The molecule has 13 heavy (non-hydrogen) atoms. The van der Waals surface area contributed by atoms with Crippen LogP contribution in [0.4, 0.5) is 0 Å². The van der Waals surface area contributed by atoms with Crippen LogP contribution in [0.15, 0.2) is 18.2 Å². The van der Waals surface area contributed by atoms with Crippen molar-refractivity contribution in [3.63, 3.8) is 0 Å². The highest BCUT2D eigenvalue weighted by atomic mass is 32.2. The van der Waals surface area contributed by atoms with Gasteiger partial charge in [0.05, 0.1) is 6.61 Å². The summed E-state index contributed by atoms with van der Waals surface area (Å²) >= 11 is 1.85. The summed E-state index contributed by atoms with van der Waals surface area (Å²) in [6, 6.07) is 6.30. The molecule has 0 saturated heterocycles. The molecule has 2 heteroatoms. The smallest absolute Gasteiger partial charge is 0.119 e. The summed E-state index contributed by atoms with van der Waals surface area (Å²) in [7, 11) is 0. The van der Waals surface area contributed by atoms with E-state index in [9.17, 15) is 0 Å². The Morgan fingerprint density at radius 1 is 1.38 bits per heavy atom. The van der Waals surface area contributed by atoms with Crippen molar-refractivity contribution >= 4 is 11.8 Å². The van der Waals surface area contributed by atoms with Crippen LogP contribution in [0.5, 0.6) is 5.75 Å². The molecule has 0 N–H and O–H groups in total. The number of aryl methyl sites for hydroxylation is 1. The van der Waals surface area contributed by atoms with E-state index >= 15 is 0 Å². The Bertz CT molecular complexity index is 271. The van der Waals surface area contributed by atoms with Gasteiger partial charge in [0, 0.05) is 5.75 Å². The molecule has 0 aliphatic rings. The van der Waals surface area contributed by atoms with Gasteiger partial charge in [0.2, 0.25) is 0 Å². The Balaban J connectivity index is 2.79. The molecule has 1 rings (SSSR count). The van der Waals surface area contributed by atoms with E-state index < -0.39 is 0 Å². The van der Waals surface area contributed by atoms with Crippen molar-refractivity contribution in [2.75, 3.05) is 12.9 Å². The summed E-state index contributed by atoms with van der Waals surface area (Å²) in [4.78, 5) is 0. The maximum Gasteiger partial charge on any atom is 0.119 e. The van der Waals surface area contributed by atoms with Gasteiger partial charge in [0.25, 0.3) is 0 Å². The predicted octanol–water partition coefficient (Wildman–Crippen LogP) is 3.26. The highest BCUT2D eigenvalue weighted by Gasteiger charge is 1.99. The van der Waals surface area contributed by atoms with Gasteiger partial charge in [-0.15, -0.1) is 0 Å². The third kappa shape index (κ3) is 2.96. The van der Waals surface area contributed by atoms with E-state index in [2.05, 4.69) is 25.3 Å². The molecule has 0 heterocycles. The zero-order valence-corrected chi connectivity index (χ0v) is 9.28. The van der Waals surface area contributed by atoms with Gasteiger partial charge >= 0.3 is 0 Å². The van der Waals surface area contributed by atoms with Gasteiger partial charge in [-0.2, -0.15) is 11.8 Å². The summed E-state index contributed by atoms with van der Waals surface area (Å²) in [6.45, 7) is 4.88. The fourth-order valence-electron chi connectivity index (χ4n) is 1.24. The van der Waals surface area contributed by atoms with Crippen molar-refractivity contribution in [3.05, 3.63) is 29.3 Å². The Hall–Kier alpha value is -0.630. The molecule has 0 amide bonds. The van der Waals surface area contributed by atoms with Gasteiger partial charge in [-0.05, 0) is 43.4 Å². The van der Waals surface area contributed by atoms with E-state index in [0.29, 0.717) is 0 Å². The first kappa shape index (κ1) is 10.5. The van der Waals surface area contributed by atoms with Crippen LogP contribution in [0.1, 0.15) is 18.1 Å². The van der Waals surface area contributed by atoms with Crippen LogP contribution < -0.4 is 4.74 Å². The third-order valence-corrected chi connectivity index (χ3v) is 2.52. The Labute approximate surface area is 84.5 Å². The van der Waals surface area contributed by atoms with Crippen LogP contribution in [0.3, 0.4) is 0 Å². The minimum atomic E-state index is 0.737. The largest absolute Gasteiger partial charge is 0.494 e. The van der Waals surface area contributed by atoms with Gasteiger partial charge in [-0.1, -0.05) is 6.07 Å². The topological polar surface area (TPSA) is 9.23 Å². The van der Waals surface area contributed by atoms with E-state index in [0.717, 1.165) is 18.1 Å². The van der Waals surface area contributed by atoms with Crippen molar-refractivity contribution in [2.24, 2.45) is 0 Å². The number of benzene rings is 1. The van der Waals surface area contributed by atoms with E-state index in [1.807, 2.05) is 24.8 Å². The lowest BCUT2D eigenvalue weighted by Crippen LogP contribution is -1.93. The summed E-state index contributed by atoms with van der Waals surface area (Å²) in [5.74, 6) is 2.06. The molecular weight excluding hydrogens is 180 g/mol. The van der Waals surface area contributed by atoms with Crippen molar-refractivity contribution in [3.8, 4) is 5.75 Å². The Kier molecular flexibility index (Phi) is 4.16. The molecule has 0 aliphatic heterocycles. The van der Waals surface area contributed by atoms with E-state index in [1.54, 1.807) is 0 Å². The zero-order chi connectivity index (χ0) is 9.68. The van der Waals surface area contributed by atoms with Crippen LogP contribution in [0.25, 0.3) is 0 Å². The molecule has 0 aliphatic carbocycles. The monoisotopic (exact) mass is 196 g/mol. The van der Waals surface area contributed by atoms with Gasteiger partial charge in [0.1, 0.15) is 5.75 Å². The number of hydrogen-bond donors (Lipinski definition) is 0. The Morgan fingerprint density at radius 2 is 2.15 bits per heavy atom. The van der Waals surface area contributed by atoms with Crippen molar-refractivity contribution in [2.45, 2.75) is 19.6 Å². The van der Waals surface area contributed by atoms with Crippen LogP contribution in [-0.4, -0.2) is 12.9 Å². The van der Waals surface area contributed by atoms with Crippen LogP contribution in [-0.2, 0) is 5.75 Å². The molecule has 1 aromatic carbocycles. The zero-order valence-electron chi connectivity index (χ0n) is 8.46. The van der Waals surface area contributed by atoms with Gasteiger partial charge in [-0.3, -0.25) is 0 Å².